The highest BCUT2D eigenvalue weighted by Gasteiger charge is 2.27. The van der Waals surface area contributed by atoms with Crippen molar-refractivity contribution >= 4 is 23.5 Å². The van der Waals surface area contributed by atoms with Crippen LogP contribution in [0.5, 0.6) is 0 Å². The lowest BCUT2D eigenvalue weighted by Crippen LogP contribution is -2.49. The van der Waals surface area contributed by atoms with E-state index in [4.69, 9.17) is 21.4 Å². The van der Waals surface area contributed by atoms with Gasteiger partial charge in [0.05, 0.1) is 24.8 Å². The molecule has 2 rings (SSSR count). The van der Waals surface area contributed by atoms with E-state index in [1.807, 2.05) is 0 Å². The minimum absolute atomic E-state index is 0.0334. The van der Waals surface area contributed by atoms with E-state index >= 15 is 0 Å². The Morgan fingerprint density at radius 1 is 1.52 bits per heavy atom. The second-order valence-electron chi connectivity index (χ2n) is 5.46. The first-order valence-corrected chi connectivity index (χ1v) is 7.51. The molecular weight excluding hydrogens is 327 g/mol. The summed E-state index contributed by atoms with van der Waals surface area (Å²) in [5.41, 5.74) is -0.0334. The molecule has 1 heterocycles. The number of aliphatic carboxylic acids is 1. The molecule has 1 aromatic carbocycles. The largest absolute Gasteiger partial charge is 0.480 e. The van der Waals surface area contributed by atoms with Crippen molar-refractivity contribution < 1.29 is 23.8 Å². The van der Waals surface area contributed by atoms with Gasteiger partial charge in [-0.05, 0) is 25.2 Å². The molecule has 0 saturated carbocycles. The molecule has 0 aliphatic carbocycles. The number of ether oxygens (including phenoxy) is 1. The zero-order chi connectivity index (χ0) is 17.0. The Balaban J connectivity index is 2.00. The number of hydrogen-bond donors (Lipinski definition) is 1. The lowest BCUT2D eigenvalue weighted by atomic mass is 10.1. The molecule has 1 aliphatic rings. The van der Waals surface area contributed by atoms with E-state index in [1.54, 1.807) is 11.9 Å². The Bertz CT molecular complexity index is 599. The summed E-state index contributed by atoms with van der Waals surface area (Å²) in [5.74, 6) is -2.01. The molecule has 1 aromatic rings. The van der Waals surface area contributed by atoms with Crippen LogP contribution >= 0.6 is 11.6 Å². The van der Waals surface area contributed by atoms with Gasteiger partial charge in [-0.15, -0.1) is 0 Å². The van der Waals surface area contributed by atoms with E-state index in [0.717, 1.165) is 6.07 Å². The Hall–Kier alpha value is -1.70. The van der Waals surface area contributed by atoms with Gasteiger partial charge in [0.25, 0.3) is 5.91 Å². The Labute approximate surface area is 138 Å². The fourth-order valence-electron chi connectivity index (χ4n) is 2.49. The maximum absolute atomic E-state index is 13.9. The highest BCUT2D eigenvalue weighted by atomic mass is 35.5. The summed E-state index contributed by atoms with van der Waals surface area (Å²) in [4.78, 5) is 26.2. The topological polar surface area (TPSA) is 70.1 Å². The van der Waals surface area contributed by atoms with Crippen molar-refractivity contribution in [2.75, 3.05) is 39.8 Å². The third kappa shape index (κ3) is 4.89. The average Bonchev–Trinajstić information content (AvgIpc) is 2.46. The summed E-state index contributed by atoms with van der Waals surface area (Å²) in [5, 5.41) is 8.99. The summed E-state index contributed by atoms with van der Waals surface area (Å²) in [6, 6.07) is 3.94. The standard InChI is InChI=1S/C15H18ClFN2O4/c1-18(9-14(20)21)7-11-8-19(4-5-23-11)15(22)12-3-2-10(16)6-13(12)17/h2-3,6,11H,4-5,7-9H2,1H3,(H,20,21). The zero-order valence-electron chi connectivity index (χ0n) is 12.7. The molecule has 1 amide bonds. The van der Waals surface area contributed by atoms with Crippen LogP contribution in [0.2, 0.25) is 5.02 Å². The van der Waals surface area contributed by atoms with Crippen molar-refractivity contribution in [3.63, 3.8) is 0 Å². The highest BCUT2D eigenvalue weighted by molar-refractivity contribution is 6.30. The van der Waals surface area contributed by atoms with Gasteiger partial charge in [0.2, 0.25) is 0 Å². The maximum atomic E-state index is 13.9. The molecule has 126 valence electrons. The van der Waals surface area contributed by atoms with E-state index in [0.29, 0.717) is 19.7 Å². The summed E-state index contributed by atoms with van der Waals surface area (Å²) < 4.78 is 19.4. The fourth-order valence-corrected chi connectivity index (χ4v) is 2.65. The molecule has 1 N–H and O–H groups in total. The number of carboxylic acids is 1. The molecule has 1 unspecified atom stereocenters. The normalized spacial score (nSPS) is 18.3. The predicted octanol–water partition coefficient (Wildman–Crippen LogP) is 1.34. The number of halogens is 2. The molecule has 1 fully saturated rings. The molecule has 1 saturated heterocycles. The second-order valence-corrected chi connectivity index (χ2v) is 5.90. The third-order valence-corrected chi connectivity index (χ3v) is 3.74. The number of amides is 1. The van der Waals surface area contributed by atoms with Crippen LogP contribution in [0.15, 0.2) is 18.2 Å². The number of carbonyl (C=O) groups is 2. The molecule has 1 aliphatic heterocycles. The van der Waals surface area contributed by atoms with Gasteiger partial charge in [-0.25, -0.2) is 4.39 Å². The number of benzene rings is 1. The number of carboxylic acid groups (broad SMARTS) is 1. The van der Waals surface area contributed by atoms with Gasteiger partial charge >= 0.3 is 5.97 Å². The second kappa shape index (κ2) is 7.72. The quantitative estimate of drug-likeness (QED) is 0.872. The van der Waals surface area contributed by atoms with Crippen molar-refractivity contribution in [2.24, 2.45) is 0 Å². The Morgan fingerprint density at radius 3 is 2.91 bits per heavy atom. The number of carbonyl (C=O) groups excluding carboxylic acids is 1. The number of nitrogens with zero attached hydrogens (tertiary/aromatic N) is 2. The van der Waals surface area contributed by atoms with Crippen LogP contribution in [-0.4, -0.2) is 72.7 Å². The van der Waals surface area contributed by atoms with E-state index in [-0.39, 0.29) is 29.8 Å². The molecule has 0 bridgehead atoms. The summed E-state index contributed by atoms with van der Waals surface area (Å²) in [6.07, 6.45) is -0.313. The van der Waals surface area contributed by atoms with Gasteiger partial charge in [-0.3, -0.25) is 14.5 Å². The summed E-state index contributed by atoms with van der Waals surface area (Å²) in [6.45, 7) is 1.23. The molecule has 23 heavy (non-hydrogen) atoms. The van der Waals surface area contributed by atoms with Gasteiger partial charge in [0.1, 0.15) is 5.82 Å². The van der Waals surface area contributed by atoms with E-state index in [1.165, 1.54) is 17.0 Å². The van der Waals surface area contributed by atoms with Crippen LogP contribution in [0.1, 0.15) is 10.4 Å². The number of likely N-dealkylation sites (N-methyl/N-ethyl adjacent to an activating group) is 1. The zero-order valence-corrected chi connectivity index (χ0v) is 13.4. The van der Waals surface area contributed by atoms with Crippen LogP contribution in [0.3, 0.4) is 0 Å². The lowest BCUT2D eigenvalue weighted by Gasteiger charge is -2.34. The van der Waals surface area contributed by atoms with Crippen LogP contribution in [0.25, 0.3) is 0 Å². The lowest BCUT2D eigenvalue weighted by molar-refractivity contribution is -0.138. The van der Waals surface area contributed by atoms with Gasteiger partial charge in [0, 0.05) is 24.7 Å². The highest BCUT2D eigenvalue weighted by Crippen LogP contribution is 2.18. The average molecular weight is 345 g/mol. The molecule has 0 spiro atoms. The maximum Gasteiger partial charge on any atom is 0.317 e. The molecule has 1 atom stereocenters. The molecule has 8 heteroatoms. The first-order valence-electron chi connectivity index (χ1n) is 7.13. The Morgan fingerprint density at radius 2 is 2.26 bits per heavy atom. The smallest absolute Gasteiger partial charge is 0.317 e. The van der Waals surface area contributed by atoms with Crippen LogP contribution in [-0.2, 0) is 9.53 Å². The van der Waals surface area contributed by atoms with E-state index in [2.05, 4.69) is 0 Å². The van der Waals surface area contributed by atoms with Crippen molar-refractivity contribution in [1.82, 2.24) is 9.80 Å². The van der Waals surface area contributed by atoms with E-state index in [9.17, 15) is 14.0 Å². The molecule has 6 nitrogen and oxygen atoms in total. The van der Waals surface area contributed by atoms with Crippen molar-refractivity contribution in [3.8, 4) is 0 Å². The van der Waals surface area contributed by atoms with Gasteiger partial charge in [-0.1, -0.05) is 11.6 Å². The third-order valence-electron chi connectivity index (χ3n) is 3.51. The SMILES string of the molecule is CN(CC(=O)O)CC1CN(C(=O)c2ccc(Cl)cc2F)CCO1. The first-order chi connectivity index (χ1) is 10.9. The Kier molecular flexibility index (Phi) is 5.92. The molecular formula is C15H18ClFN2O4. The summed E-state index contributed by atoms with van der Waals surface area (Å²) >= 11 is 5.69. The minimum Gasteiger partial charge on any atom is -0.480 e. The van der Waals surface area contributed by atoms with Crippen LogP contribution in [0.4, 0.5) is 4.39 Å². The van der Waals surface area contributed by atoms with Crippen molar-refractivity contribution in [3.05, 3.63) is 34.6 Å². The predicted molar refractivity (Wildman–Crippen MR) is 82.2 cm³/mol. The van der Waals surface area contributed by atoms with Crippen molar-refractivity contribution in [1.29, 1.82) is 0 Å². The van der Waals surface area contributed by atoms with Gasteiger partial charge in [0.15, 0.2) is 0 Å². The van der Waals surface area contributed by atoms with Gasteiger partial charge in [-0.2, -0.15) is 0 Å². The van der Waals surface area contributed by atoms with Gasteiger partial charge < -0.3 is 14.7 Å². The van der Waals surface area contributed by atoms with E-state index < -0.39 is 17.7 Å². The summed E-state index contributed by atoms with van der Waals surface area (Å²) in [7, 11) is 1.66. The van der Waals surface area contributed by atoms with Crippen LogP contribution < -0.4 is 0 Å². The number of rotatable bonds is 5. The molecule has 0 aromatic heterocycles. The van der Waals surface area contributed by atoms with Crippen LogP contribution in [0, 0.1) is 5.82 Å². The number of morpholine rings is 1. The minimum atomic E-state index is -0.931. The fraction of sp³-hybridized carbons (Fsp3) is 0.467. The number of hydrogen-bond acceptors (Lipinski definition) is 4. The first kappa shape index (κ1) is 17.7. The molecule has 0 radical (unpaired) electrons. The van der Waals surface area contributed by atoms with Crippen molar-refractivity contribution in [2.45, 2.75) is 6.10 Å². The monoisotopic (exact) mass is 344 g/mol.